The van der Waals surface area contributed by atoms with E-state index in [9.17, 15) is 4.79 Å². The van der Waals surface area contributed by atoms with E-state index in [1.807, 2.05) is 42.5 Å². The van der Waals surface area contributed by atoms with Crippen molar-refractivity contribution >= 4 is 11.4 Å². The Kier molecular flexibility index (Phi) is 2.71. The van der Waals surface area contributed by atoms with Crippen LogP contribution in [0, 0.1) is 0 Å². The quantitative estimate of drug-likeness (QED) is 0.774. The molecule has 0 aromatic heterocycles. The first kappa shape index (κ1) is 11.7. The summed E-state index contributed by atoms with van der Waals surface area (Å²) in [5.74, 6) is 0.897. The number of fused-ring (bicyclic) bond motifs is 2. The van der Waals surface area contributed by atoms with E-state index < -0.39 is 0 Å². The van der Waals surface area contributed by atoms with E-state index in [4.69, 9.17) is 4.74 Å². The maximum absolute atomic E-state index is 12.3. The Morgan fingerprint density at radius 2 is 1.79 bits per heavy atom. The lowest BCUT2D eigenvalue weighted by molar-refractivity contribution is 0.0993. The molecule has 0 amide bonds. The van der Waals surface area contributed by atoms with Crippen molar-refractivity contribution in [2.45, 2.75) is 6.42 Å². The zero-order valence-electron chi connectivity index (χ0n) is 10.8. The largest absolute Gasteiger partial charge is 0.497 e. The van der Waals surface area contributed by atoms with Crippen LogP contribution in [0.5, 0.6) is 5.75 Å². The van der Waals surface area contributed by atoms with Crippen molar-refractivity contribution < 1.29 is 9.53 Å². The van der Waals surface area contributed by atoms with E-state index in [0.29, 0.717) is 6.42 Å². The van der Waals surface area contributed by atoms with Crippen LogP contribution in [0.2, 0.25) is 0 Å². The number of carbonyl (C=O) groups is 1. The van der Waals surface area contributed by atoms with Gasteiger partial charge in [-0.1, -0.05) is 36.9 Å². The van der Waals surface area contributed by atoms with Gasteiger partial charge in [0.1, 0.15) is 5.75 Å². The van der Waals surface area contributed by atoms with Gasteiger partial charge >= 0.3 is 0 Å². The van der Waals surface area contributed by atoms with Gasteiger partial charge in [-0.3, -0.25) is 4.79 Å². The third kappa shape index (κ3) is 1.85. The van der Waals surface area contributed by atoms with Crippen LogP contribution in [0.4, 0.5) is 0 Å². The van der Waals surface area contributed by atoms with Crippen LogP contribution in [0.3, 0.4) is 0 Å². The smallest absolute Gasteiger partial charge is 0.167 e. The van der Waals surface area contributed by atoms with Crippen LogP contribution in [-0.2, 0) is 6.42 Å². The fraction of sp³-hybridized carbons (Fsp3) is 0.118. The molecule has 0 heterocycles. The third-order valence-corrected chi connectivity index (χ3v) is 3.54. The molecule has 0 saturated carbocycles. The van der Waals surface area contributed by atoms with Gasteiger partial charge < -0.3 is 4.74 Å². The van der Waals surface area contributed by atoms with Gasteiger partial charge in [0.25, 0.3) is 0 Å². The van der Waals surface area contributed by atoms with Crippen LogP contribution >= 0.6 is 0 Å². The molecule has 1 aliphatic rings. The van der Waals surface area contributed by atoms with Crippen LogP contribution in [0.25, 0.3) is 5.57 Å². The van der Waals surface area contributed by atoms with Gasteiger partial charge in [-0.25, -0.2) is 0 Å². The van der Waals surface area contributed by atoms with E-state index in [2.05, 4.69) is 6.58 Å². The fourth-order valence-corrected chi connectivity index (χ4v) is 2.54. The van der Waals surface area contributed by atoms with Crippen molar-refractivity contribution in [2.24, 2.45) is 0 Å². The van der Waals surface area contributed by atoms with Gasteiger partial charge in [0.05, 0.1) is 7.11 Å². The minimum atomic E-state index is 0.128. The molecule has 2 aromatic rings. The first-order valence-corrected chi connectivity index (χ1v) is 6.19. The van der Waals surface area contributed by atoms with Crippen molar-refractivity contribution in [2.75, 3.05) is 7.11 Å². The molecule has 0 bridgehead atoms. The molecule has 0 radical (unpaired) electrons. The molecule has 2 heteroatoms. The maximum atomic E-state index is 12.3. The van der Waals surface area contributed by atoms with E-state index in [-0.39, 0.29) is 5.78 Å². The summed E-state index contributed by atoms with van der Waals surface area (Å²) in [7, 11) is 1.63. The summed E-state index contributed by atoms with van der Waals surface area (Å²) >= 11 is 0. The molecule has 0 unspecified atom stereocenters. The Morgan fingerprint density at radius 1 is 1.05 bits per heavy atom. The number of rotatable bonds is 1. The molecule has 1 aliphatic carbocycles. The molecular formula is C17H14O2. The highest BCUT2D eigenvalue weighted by atomic mass is 16.5. The van der Waals surface area contributed by atoms with Crippen molar-refractivity contribution in [3.63, 3.8) is 0 Å². The molecule has 0 atom stereocenters. The van der Waals surface area contributed by atoms with Gasteiger partial charge in [0, 0.05) is 12.0 Å². The zero-order chi connectivity index (χ0) is 13.4. The van der Waals surface area contributed by atoms with Crippen LogP contribution < -0.4 is 4.74 Å². The number of hydrogen-bond acceptors (Lipinski definition) is 2. The van der Waals surface area contributed by atoms with Crippen LogP contribution in [0.1, 0.15) is 27.0 Å². The lowest BCUT2D eigenvalue weighted by atomic mass is 9.95. The molecule has 0 aliphatic heterocycles. The first-order valence-electron chi connectivity index (χ1n) is 6.19. The molecule has 2 nitrogen and oxygen atoms in total. The van der Waals surface area contributed by atoms with Gasteiger partial charge in [-0.2, -0.15) is 0 Å². The molecule has 94 valence electrons. The van der Waals surface area contributed by atoms with E-state index >= 15 is 0 Å². The maximum Gasteiger partial charge on any atom is 0.167 e. The van der Waals surface area contributed by atoms with Crippen LogP contribution in [-0.4, -0.2) is 12.9 Å². The number of ether oxygens (including phenoxy) is 1. The summed E-state index contributed by atoms with van der Waals surface area (Å²) in [5.41, 5.74) is 4.59. The number of methoxy groups -OCH3 is 1. The molecule has 19 heavy (non-hydrogen) atoms. The molecule has 3 rings (SSSR count). The number of Topliss-reactive ketones (excluding diaryl/α,β-unsaturated/α-hetero) is 1. The van der Waals surface area contributed by atoms with Gasteiger partial charge in [0.2, 0.25) is 0 Å². The van der Waals surface area contributed by atoms with E-state index in [1.54, 1.807) is 7.11 Å². The SMILES string of the molecule is C=C1c2ccc(OC)cc2CC(=O)c2ccccc21. The Bertz CT molecular complexity index is 683. The summed E-state index contributed by atoms with van der Waals surface area (Å²) in [4.78, 5) is 12.3. The Hall–Kier alpha value is -2.35. The number of benzene rings is 2. The summed E-state index contributed by atoms with van der Waals surface area (Å²) in [6, 6.07) is 13.5. The second kappa shape index (κ2) is 4.39. The minimum absolute atomic E-state index is 0.128. The summed E-state index contributed by atoms with van der Waals surface area (Å²) in [5, 5.41) is 0. The lowest BCUT2D eigenvalue weighted by Crippen LogP contribution is -2.03. The Balaban J connectivity index is 2.22. The Morgan fingerprint density at radius 3 is 2.53 bits per heavy atom. The average Bonchev–Trinajstić information content (AvgIpc) is 2.55. The molecule has 0 N–H and O–H groups in total. The highest BCUT2D eigenvalue weighted by Crippen LogP contribution is 2.33. The highest BCUT2D eigenvalue weighted by Gasteiger charge is 2.22. The van der Waals surface area contributed by atoms with Gasteiger partial charge in [-0.05, 0) is 34.4 Å². The number of hydrogen-bond donors (Lipinski definition) is 0. The Labute approximate surface area is 112 Å². The minimum Gasteiger partial charge on any atom is -0.497 e. The zero-order valence-corrected chi connectivity index (χ0v) is 10.8. The molecule has 0 saturated heterocycles. The fourth-order valence-electron chi connectivity index (χ4n) is 2.54. The predicted molar refractivity (Wildman–Crippen MR) is 75.6 cm³/mol. The lowest BCUT2D eigenvalue weighted by Gasteiger charge is -2.10. The molecule has 2 aromatic carbocycles. The molecule has 0 fully saturated rings. The third-order valence-electron chi connectivity index (χ3n) is 3.54. The normalized spacial score (nSPS) is 13.5. The standard InChI is InChI=1S/C17H14O2/c1-11-14-8-7-13(19-2)9-12(14)10-17(18)16-6-4-3-5-15(11)16/h3-9H,1,10H2,2H3. The van der Waals surface area contributed by atoms with Gasteiger partial charge in [0.15, 0.2) is 5.78 Å². The van der Waals surface area contributed by atoms with Crippen molar-refractivity contribution in [3.05, 3.63) is 71.3 Å². The average molecular weight is 250 g/mol. The second-order valence-corrected chi connectivity index (χ2v) is 4.65. The second-order valence-electron chi connectivity index (χ2n) is 4.65. The van der Waals surface area contributed by atoms with E-state index in [1.165, 1.54) is 0 Å². The van der Waals surface area contributed by atoms with Crippen molar-refractivity contribution in [1.82, 2.24) is 0 Å². The molecule has 0 spiro atoms. The monoisotopic (exact) mass is 250 g/mol. The highest BCUT2D eigenvalue weighted by molar-refractivity contribution is 6.06. The predicted octanol–water partition coefficient (Wildman–Crippen LogP) is 3.50. The van der Waals surface area contributed by atoms with Crippen molar-refractivity contribution in [3.8, 4) is 5.75 Å². The van der Waals surface area contributed by atoms with Crippen molar-refractivity contribution in [1.29, 1.82) is 0 Å². The summed E-state index contributed by atoms with van der Waals surface area (Å²) in [6.07, 6.45) is 0.391. The first-order chi connectivity index (χ1) is 9.20. The molecular weight excluding hydrogens is 236 g/mol. The van der Waals surface area contributed by atoms with Crippen LogP contribution in [0.15, 0.2) is 49.0 Å². The topological polar surface area (TPSA) is 26.3 Å². The number of ketones is 1. The van der Waals surface area contributed by atoms with E-state index in [0.717, 1.165) is 33.6 Å². The van der Waals surface area contributed by atoms with Gasteiger partial charge in [-0.15, -0.1) is 0 Å². The summed E-state index contributed by atoms with van der Waals surface area (Å²) in [6.45, 7) is 4.15. The number of carbonyl (C=O) groups excluding carboxylic acids is 1. The summed E-state index contributed by atoms with van der Waals surface area (Å²) < 4.78 is 5.23.